The van der Waals surface area contributed by atoms with Gasteiger partial charge < -0.3 is 5.32 Å². The predicted octanol–water partition coefficient (Wildman–Crippen LogP) is 3.62. The first-order chi connectivity index (χ1) is 8.38. The van der Waals surface area contributed by atoms with Gasteiger partial charge in [-0.3, -0.25) is 4.79 Å². The number of nitrogens with one attached hydrogen (secondary N) is 1. The van der Waals surface area contributed by atoms with Gasteiger partial charge in [-0.05, 0) is 31.0 Å². The summed E-state index contributed by atoms with van der Waals surface area (Å²) in [5.41, 5.74) is -0.767. The molecule has 1 N–H and O–H groups in total. The van der Waals surface area contributed by atoms with Gasteiger partial charge in [0, 0.05) is 11.6 Å². The van der Waals surface area contributed by atoms with E-state index in [9.17, 15) is 18.0 Å². The van der Waals surface area contributed by atoms with Crippen LogP contribution >= 0.6 is 0 Å². The zero-order valence-electron chi connectivity index (χ0n) is 10.3. The first-order valence-corrected chi connectivity index (χ1v) is 5.86. The van der Waals surface area contributed by atoms with Gasteiger partial charge in [-0.2, -0.15) is 13.2 Å². The summed E-state index contributed by atoms with van der Waals surface area (Å²) in [6.45, 7) is 3.83. The third-order valence-electron chi connectivity index (χ3n) is 2.77. The van der Waals surface area contributed by atoms with Gasteiger partial charge in [-0.25, -0.2) is 0 Å². The molecule has 0 aliphatic heterocycles. The maximum atomic E-state index is 12.5. The van der Waals surface area contributed by atoms with Crippen LogP contribution in [0.15, 0.2) is 24.3 Å². The number of hydrogen-bond acceptors (Lipinski definition) is 1. The molecule has 0 saturated carbocycles. The molecule has 1 aromatic carbocycles. The summed E-state index contributed by atoms with van der Waals surface area (Å²) in [5.74, 6) is -0.463. The Morgan fingerprint density at radius 3 is 2.39 bits per heavy atom. The molecule has 1 rings (SSSR count). The highest BCUT2D eigenvalue weighted by Crippen LogP contribution is 2.29. The lowest BCUT2D eigenvalue weighted by Crippen LogP contribution is -2.33. The Morgan fingerprint density at radius 1 is 1.28 bits per heavy atom. The van der Waals surface area contributed by atoms with Crippen LogP contribution in [0.4, 0.5) is 13.2 Å². The molecule has 0 radical (unpaired) electrons. The SMILES string of the molecule is CCC(CC)NC(=O)c1cccc(C(F)(F)F)c1. The smallest absolute Gasteiger partial charge is 0.349 e. The largest absolute Gasteiger partial charge is 0.416 e. The Bertz CT molecular complexity index is 411. The molecule has 18 heavy (non-hydrogen) atoms. The van der Waals surface area contributed by atoms with Crippen molar-refractivity contribution in [3.05, 3.63) is 35.4 Å². The van der Waals surface area contributed by atoms with E-state index in [-0.39, 0.29) is 11.6 Å². The minimum Gasteiger partial charge on any atom is -0.349 e. The second-order valence-corrected chi connectivity index (χ2v) is 4.07. The average molecular weight is 259 g/mol. The van der Waals surface area contributed by atoms with Crippen molar-refractivity contribution in [2.45, 2.75) is 38.9 Å². The molecule has 100 valence electrons. The standard InChI is InChI=1S/C13H16F3NO/c1-3-11(4-2)17-12(18)9-6-5-7-10(8-9)13(14,15)16/h5-8,11H,3-4H2,1-2H3,(H,17,18). The van der Waals surface area contributed by atoms with Crippen molar-refractivity contribution >= 4 is 5.91 Å². The maximum absolute atomic E-state index is 12.5. The lowest BCUT2D eigenvalue weighted by molar-refractivity contribution is -0.137. The first-order valence-electron chi connectivity index (χ1n) is 5.86. The Hall–Kier alpha value is -1.52. The monoisotopic (exact) mass is 259 g/mol. The number of benzene rings is 1. The third kappa shape index (κ3) is 3.75. The van der Waals surface area contributed by atoms with Crippen molar-refractivity contribution in [3.8, 4) is 0 Å². The number of halogens is 3. The number of amides is 1. The van der Waals surface area contributed by atoms with Crippen LogP contribution in [0.2, 0.25) is 0 Å². The normalized spacial score (nSPS) is 11.7. The molecule has 0 saturated heterocycles. The van der Waals surface area contributed by atoms with E-state index in [1.807, 2.05) is 13.8 Å². The lowest BCUT2D eigenvalue weighted by atomic mass is 10.1. The van der Waals surface area contributed by atoms with Crippen LogP contribution in [0.5, 0.6) is 0 Å². The van der Waals surface area contributed by atoms with Crippen LogP contribution in [0, 0.1) is 0 Å². The molecule has 0 fully saturated rings. The quantitative estimate of drug-likeness (QED) is 0.879. The minimum atomic E-state index is -4.43. The van der Waals surface area contributed by atoms with Crippen LogP contribution in [-0.2, 0) is 6.18 Å². The van der Waals surface area contributed by atoms with Crippen molar-refractivity contribution in [2.75, 3.05) is 0 Å². The van der Waals surface area contributed by atoms with Gasteiger partial charge in [0.2, 0.25) is 0 Å². The van der Waals surface area contributed by atoms with Crippen LogP contribution in [0.1, 0.15) is 42.6 Å². The first kappa shape index (κ1) is 14.5. The maximum Gasteiger partial charge on any atom is 0.416 e. The van der Waals surface area contributed by atoms with Crippen molar-refractivity contribution in [1.82, 2.24) is 5.32 Å². The highest BCUT2D eigenvalue weighted by molar-refractivity contribution is 5.94. The second kappa shape index (κ2) is 5.89. The summed E-state index contributed by atoms with van der Waals surface area (Å²) in [6.07, 6.45) is -2.92. The van der Waals surface area contributed by atoms with Gasteiger partial charge in [0.1, 0.15) is 0 Å². The van der Waals surface area contributed by atoms with Gasteiger partial charge in [0.25, 0.3) is 5.91 Å². The zero-order chi connectivity index (χ0) is 13.8. The van der Waals surface area contributed by atoms with Gasteiger partial charge in [-0.1, -0.05) is 19.9 Å². The Morgan fingerprint density at radius 2 is 1.89 bits per heavy atom. The van der Waals surface area contributed by atoms with Crippen molar-refractivity contribution in [3.63, 3.8) is 0 Å². The van der Waals surface area contributed by atoms with E-state index < -0.39 is 17.6 Å². The summed E-state index contributed by atoms with van der Waals surface area (Å²) in [5, 5.41) is 2.71. The zero-order valence-corrected chi connectivity index (χ0v) is 10.3. The molecule has 0 atom stereocenters. The Labute approximate surface area is 104 Å². The van der Waals surface area contributed by atoms with Crippen LogP contribution in [0.25, 0.3) is 0 Å². The van der Waals surface area contributed by atoms with Gasteiger partial charge in [0.05, 0.1) is 5.56 Å². The molecule has 1 amide bonds. The number of hydrogen-bond donors (Lipinski definition) is 1. The molecular formula is C13H16F3NO. The van der Waals surface area contributed by atoms with E-state index >= 15 is 0 Å². The molecule has 5 heteroatoms. The highest BCUT2D eigenvalue weighted by Gasteiger charge is 2.30. The molecule has 2 nitrogen and oxygen atoms in total. The number of carbonyl (C=O) groups is 1. The van der Waals surface area contributed by atoms with E-state index in [1.54, 1.807) is 0 Å². The predicted molar refractivity (Wildman–Crippen MR) is 63.3 cm³/mol. The number of carbonyl (C=O) groups excluding carboxylic acids is 1. The van der Waals surface area contributed by atoms with Crippen molar-refractivity contribution in [2.24, 2.45) is 0 Å². The van der Waals surface area contributed by atoms with E-state index in [0.717, 1.165) is 25.0 Å². The van der Waals surface area contributed by atoms with E-state index in [4.69, 9.17) is 0 Å². The molecule has 0 aliphatic rings. The molecule has 0 unspecified atom stereocenters. The summed E-state index contributed by atoms with van der Waals surface area (Å²) in [7, 11) is 0. The summed E-state index contributed by atoms with van der Waals surface area (Å²) < 4.78 is 37.5. The molecule has 0 heterocycles. The highest BCUT2D eigenvalue weighted by atomic mass is 19.4. The van der Waals surface area contributed by atoms with Gasteiger partial charge >= 0.3 is 6.18 Å². The lowest BCUT2D eigenvalue weighted by Gasteiger charge is -2.15. The van der Waals surface area contributed by atoms with Crippen LogP contribution in [0.3, 0.4) is 0 Å². The molecule has 0 spiro atoms. The average Bonchev–Trinajstić information content (AvgIpc) is 2.34. The fourth-order valence-corrected chi connectivity index (χ4v) is 1.60. The molecule has 0 aliphatic carbocycles. The molecule has 1 aromatic rings. The number of alkyl halides is 3. The Balaban J connectivity index is 2.87. The van der Waals surface area contributed by atoms with Gasteiger partial charge in [0.15, 0.2) is 0 Å². The fourth-order valence-electron chi connectivity index (χ4n) is 1.60. The topological polar surface area (TPSA) is 29.1 Å². The minimum absolute atomic E-state index is 0.00737. The third-order valence-corrected chi connectivity index (χ3v) is 2.77. The van der Waals surface area contributed by atoms with E-state index in [1.165, 1.54) is 12.1 Å². The van der Waals surface area contributed by atoms with Crippen molar-refractivity contribution < 1.29 is 18.0 Å². The van der Waals surface area contributed by atoms with Crippen LogP contribution in [-0.4, -0.2) is 11.9 Å². The molecular weight excluding hydrogens is 243 g/mol. The number of rotatable bonds is 4. The van der Waals surface area contributed by atoms with E-state index in [2.05, 4.69) is 5.32 Å². The Kier molecular flexibility index (Phi) is 4.76. The summed E-state index contributed by atoms with van der Waals surface area (Å²) in [4.78, 5) is 11.8. The van der Waals surface area contributed by atoms with Crippen LogP contribution < -0.4 is 5.32 Å². The molecule has 0 aromatic heterocycles. The van der Waals surface area contributed by atoms with E-state index in [0.29, 0.717) is 0 Å². The summed E-state index contributed by atoms with van der Waals surface area (Å²) in [6, 6.07) is 4.44. The van der Waals surface area contributed by atoms with Gasteiger partial charge in [-0.15, -0.1) is 0 Å². The summed E-state index contributed by atoms with van der Waals surface area (Å²) >= 11 is 0. The fraction of sp³-hybridized carbons (Fsp3) is 0.462. The molecule has 0 bridgehead atoms. The van der Waals surface area contributed by atoms with Crippen molar-refractivity contribution in [1.29, 1.82) is 0 Å². The second-order valence-electron chi connectivity index (χ2n) is 4.07.